The molecule has 1 atom stereocenters. The average molecular weight is 387 g/mol. The van der Waals surface area contributed by atoms with Crippen LogP contribution in [-0.2, 0) is 20.9 Å². The third-order valence-corrected chi connectivity index (χ3v) is 4.79. The molecule has 0 radical (unpaired) electrons. The Morgan fingerprint density at radius 1 is 1.08 bits per heavy atom. The maximum absolute atomic E-state index is 11.9. The molecular formula is C16H16Cl2N2O3S. The Morgan fingerprint density at radius 2 is 1.75 bits per heavy atom. The van der Waals surface area contributed by atoms with E-state index in [1.54, 1.807) is 30.3 Å². The van der Waals surface area contributed by atoms with Crippen LogP contribution >= 0.6 is 34.5 Å². The fraction of sp³-hybridized carbons (Fsp3) is 0.250. The first-order chi connectivity index (χ1) is 11.5. The predicted molar refractivity (Wildman–Crippen MR) is 95.4 cm³/mol. The second-order valence-electron chi connectivity index (χ2n) is 4.89. The molecule has 0 aliphatic rings. The molecule has 2 amide bonds. The molecule has 0 spiro atoms. The lowest BCUT2D eigenvalue weighted by atomic mass is 10.2. The van der Waals surface area contributed by atoms with Gasteiger partial charge in [0.05, 0.1) is 4.34 Å². The maximum atomic E-state index is 11.9. The smallest absolute Gasteiger partial charge is 0.309 e. The number of ether oxygens (including phenoxy) is 1. The van der Waals surface area contributed by atoms with Crippen LogP contribution in [0.1, 0.15) is 16.5 Å². The van der Waals surface area contributed by atoms with Gasteiger partial charge in [-0.3, -0.25) is 9.59 Å². The molecule has 0 aliphatic carbocycles. The van der Waals surface area contributed by atoms with E-state index in [4.69, 9.17) is 27.9 Å². The number of carbonyl (C=O) groups excluding carboxylic acids is 2. The fourth-order valence-electron chi connectivity index (χ4n) is 1.93. The van der Waals surface area contributed by atoms with Gasteiger partial charge < -0.3 is 15.4 Å². The second-order valence-corrected chi connectivity index (χ2v) is 7.07. The molecule has 128 valence electrons. The van der Waals surface area contributed by atoms with Crippen LogP contribution in [0, 0.1) is 0 Å². The number of hydrogen-bond acceptors (Lipinski definition) is 4. The topological polar surface area (TPSA) is 67.4 Å². The first kappa shape index (κ1) is 18.7. The van der Waals surface area contributed by atoms with Gasteiger partial charge in [0, 0.05) is 30.1 Å². The van der Waals surface area contributed by atoms with Gasteiger partial charge in [-0.05, 0) is 29.8 Å². The first-order valence-electron chi connectivity index (χ1n) is 7.08. The summed E-state index contributed by atoms with van der Waals surface area (Å²) in [6.07, 6.45) is -0.351. The standard InChI is InChI=1S/C16H16Cl2N2O3S/c1-23-12(13-6-7-14(18)24-13)9-20-16(22)15(21)19-8-10-2-4-11(17)5-3-10/h2-7,12H,8-9H2,1H3,(H,19,21)(H,20,22). The van der Waals surface area contributed by atoms with E-state index in [0.29, 0.717) is 9.36 Å². The lowest BCUT2D eigenvalue weighted by molar-refractivity contribution is -0.139. The SMILES string of the molecule is COC(CNC(=O)C(=O)NCc1ccc(Cl)cc1)c1ccc(Cl)s1. The average Bonchev–Trinajstić information content (AvgIpc) is 3.00. The number of halogens is 2. The van der Waals surface area contributed by atoms with Crippen LogP contribution in [0.2, 0.25) is 9.36 Å². The number of methoxy groups -OCH3 is 1. The molecule has 0 aliphatic heterocycles. The number of carbonyl (C=O) groups is 2. The molecule has 2 rings (SSSR count). The number of amides is 2. The van der Waals surface area contributed by atoms with Crippen LogP contribution in [0.25, 0.3) is 0 Å². The van der Waals surface area contributed by atoms with Gasteiger partial charge in [0.15, 0.2) is 0 Å². The third-order valence-electron chi connectivity index (χ3n) is 3.22. The molecule has 1 unspecified atom stereocenters. The Bertz CT molecular complexity index is 704. The molecule has 1 aromatic heterocycles. The quantitative estimate of drug-likeness (QED) is 0.749. The van der Waals surface area contributed by atoms with E-state index in [2.05, 4.69) is 10.6 Å². The molecule has 0 fully saturated rings. The lowest BCUT2D eigenvalue weighted by Crippen LogP contribution is -2.41. The van der Waals surface area contributed by atoms with Crippen molar-refractivity contribution < 1.29 is 14.3 Å². The van der Waals surface area contributed by atoms with Gasteiger partial charge in [-0.1, -0.05) is 35.3 Å². The zero-order chi connectivity index (χ0) is 17.5. The molecule has 24 heavy (non-hydrogen) atoms. The summed E-state index contributed by atoms with van der Waals surface area (Å²) < 4.78 is 5.95. The van der Waals surface area contributed by atoms with E-state index in [0.717, 1.165) is 10.4 Å². The van der Waals surface area contributed by atoms with E-state index in [-0.39, 0.29) is 19.2 Å². The number of hydrogen-bond donors (Lipinski definition) is 2. The Labute approximate surface area is 153 Å². The van der Waals surface area contributed by atoms with Crippen molar-refractivity contribution in [2.45, 2.75) is 12.6 Å². The van der Waals surface area contributed by atoms with Crippen molar-refractivity contribution in [1.82, 2.24) is 10.6 Å². The minimum absolute atomic E-state index is 0.181. The van der Waals surface area contributed by atoms with Crippen LogP contribution < -0.4 is 10.6 Å². The molecule has 2 aromatic rings. The molecule has 1 aromatic carbocycles. The summed E-state index contributed by atoms with van der Waals surface area (Å²) in [6, 6.07) is 10.6. The monoisotopic (exact) mass is 386 g/mol. The molecule has 0 saturated heterocycles. The van der Waals surface area contributed by atoms with Gasteiger partial charge in [0.1, 0.15) is 6.10 Å². The van der Waals surface area contributed by atoms with Crippen molar-refractivity contribution in [2.24, 2.45) is 0 Å². The van der Waals surface area contributed by atoms with Crippen molar-refractivity contribution in [3.8, 4) is 0 Å². The normalized spacial score (nSPS) is 11.8. The van der Waals surface area contributed by atoms with Crippen molar-refractivity contribution in [3.63, 3.8) is 0 Å². The Balaban J connectivity index is 1.80. The van der Waals surface area contributed by atoms with E-state index in [9.17, 15) is 9.59 Å². The number of nitrogens with one attached hydrogen (secondary N) is 2. The zero-order valence-electron chi connectivity index (χ0n) is 12.8. The minimum Gasteiger partial charge on any atom is -0.374 e. The highest BCUT2D eigenvalue weighted by atomic mass is 35.5. The van der Waals surface area contributed by atoms with Crippen LogP contribution in [0.5, 0.6) is 0 Å². The highest BCUT2D eigenvalue weighted by molar-refractivity contribution is 7.16. The van der Waals surface area contributed by atoms with Crippen molar-refractivity contribution >= 4 is 46.4 Å². The largest absolute Gasteiger partial charge is 0.374 e. The summed E-state index contributed by atoms with van der Waals surface area (Å²) in [5.41, 5.74) is 0.851. The van der Waals surface area contributed by atoms with Gasteiger partial charge in [-0.2, -0.15) is 0 Å². The van der Waals surface area contributed by atoms with Crippen molar-refractivity contribution in [3.05, 3.63) is 56.2 Å². The van der Waals surface area contributed by atoms with E-state index >= 15 is 0 Å². The summed E-state index contributed by atoms with van der Waals surface area (Å²) in [5, 5.41) is 5.72. The summed E-state index contributed by atoms with van der Waals surface area (Å²) >= 11 is 13.0. The van der Waals surface area contributed by atoms with Gasteiger partial charge in [-0.25, -0.2) is 0 Å². The molecule has 5 nitrogen and oxygen atoms in total. The molecular weight excluding hydrogens is 371 g/mol. The highest BCUT2D eigenvalue weighted by Crippen LogP contribution is 2.28. The summed E-state index contributed by atoms with van der Waals surface area (Å²) in [7, 11) is 1.53. The van der Waals surface area contributed by atoms with Crippen molar-refractivity contribution in [2.75, 3.05) is 13.7 Å². The first-order valence-corrected chi connectivity index (χ1v) is 8.65. The van der Waals surface area contributed by atoms with Crippen LogP contribution in [0.3, 0.4) is 0 Å². The zero-order valence-corrected chi connectivity index (χ0v) is 15.2. The molecule has 1 heterocycles. The predicted octanol–water partition coefficient (Wildman–Crippen LogP) is 3.18. The summed E-state index contributed by atoms with van der Waals surface area (Å²) in [4.78, 5) is 24.5. The molecule has 8 heteroatoms. The van der Waals surface area contributed by atoms with Crippen LogP contribution in [0.4, 0.5) is 0 Å². The van der Waals surface area contributed by atoms with Gasteiger partial charge >= 0.3 is 11.8 Å². The number of rotatable bonds is 6. The van der Waals surface area contributed by atoms with E-state index in [1.807, 2.05) is 6.07 Å². The van der Waals surface area contributed by atoms with E-state index in [1.165, 1.54) is 18.4 Å². The van der Waals surface area contributed by atoms with Crippen LogP contribution in [-0.4, -0.2) is 25.5 Å². The van der Waals surface area contributed by atoms with Crippen LogP contribution in [0.15, 0.2) is 36.4 Å². The Kier molecular flexibility index (Phi) is 7.05. The van der Waals surface area contributed by atoms with Crippen molar-refractivity contribution in [1.29, 1.82) is 0 Å². The number of benzene rings is 1. The summed E-state index contributed by atoms with van der Waals surface area (Å²) in [6.45, 7) is 0.429. The summed E-state index contributed by atoms with van der Waals surface area (Å²) in [5.74, 6) is -1.42. The maximum Gasteiger partial charge on any atom is 0.309 e. The van der Waals surface area contributed by atoms with Gasteiger partial charge in [0.2, 0.25) is 0 Å². The fourth-order valence-corrected chi connectivity index (χ4v) is 3.20. The Morgan fingerprint density at radius 3 is 2.33 bits per heavy atom. The lowest BCUT2D eigenvalue weighted by Gasteiger charge is -2.14. The molecule has 0 bridgehead atoms. The minimum atomic E-state index is -0.714. The van der Waals surface area contributed by atoms with Gasteiger partial charge in [-0.15, -0.1) is 11.3 Å². The Hall–Kier alpha value is -1.60. The van der Waals surface area contributed by atoms with E-state index < -0.39 is 11.8 Å². The molecule has 2 N–H and O–H groups in total. The number of thiophene rings is 1. The van der Waals surface area contributed by atoms with Gasteiger partial charge in [0.25, 0.3) is 0 Å². The molecule has 0 saturated carbocycles. The third kappa shape index (κ3) is 5.49. The highest BCUT2D eigenvalue weighted by Gasteiger charge is 2.18. The second kappa shape index (κ2) is 9.03.